The number of ether oxygens (including phenoxy) is 3. The maximum absolute atomic E-state index is 13.4. The Morgan fingerprint density at radius 1 is 1.23 bits per heavy atom. The molecule has 13 heteroatoms. The molecule has 1 N–H and O–H groups in total. The Kier molecular flexibility index (Phi) is 4.90. The lowest BCUT2D eigenvalue weighted by molar-refractivity contribution is -0.221. The van der Waals surface area contributed by atoms with Gasteiger partial charge in [-0.25, -0.2) is 4.79 Å². The van der Waals surface area contributed by atoms with Crippen molar-refractivity contribution in [3.05, 3.63) is 0 Å². The lowest BCUT2D eigenvalue weighted by Gasteiger charge is -2.57. The van der Waals surface area contributed by atoms with Gasteiger partial charge in [0.1, 0.15) is 18.8 Å². The van der Waals surface area contributed by atoms with Gasteiger partial charge in [-0.05, 0) is 37.0 Å². The molecule has 1 aliphatic heterocycles. The topological polar surface area (TPSA) is 116 Å². The summed E-state index contributed by atoms with van der Waals surface area (Å²) in [5.41, 5.74) is -0.0616. The average molecular weight is 460 g/mol. The standard InChI is InChI=1S/C17H20F4O8S/c18-16(19,17(20,21)30(24,25)26)1-2-27-7-12(22)29-13-8-3-9-4-10-14(23)28-11(13)6-15(9,10)5-8/h8-11,13H,1-7H2,(H,24,25,26). The second-order valence-corrected chi connectivity index (χ2v) is 10.0. The van der Waals surface area contributed by atoms with E-state index in [2.05, 4.69) is 4.74 Å². The number of hydrogen-bond acceptors (Lipinski definition) is 7. The van der Waals surface area contributed by atoms with Crippen molar-refractivity contribution >= 4 is 22.1 Å². The summed E-state index contributed by atoms with van der Waals surface area (Å²) in [4.78, 5) is 24.2. The Morgan fingerprint density at radius 2 is 1.93 bits per heavy atom. The zero-order valence-corrected chi connectivity index (χ0v) is 16.4. The minimum Gasteiger partial charge on any atom is -0.458 e. The number of carbonyl (C=O) groups is 2. The van der Waals surface area contributed by atoms with Crippen molar-refractivity contribution in [1.29, 1.82) is 0 Å². The summed E-state index contributed by atoms with van der Waals surface area (Å²) >= 11 is 0. The first-order valence-electron chi connectivity index (χ1n) is 9.49. The third-order valence-corrected chi connectivity index (χ3v) is 7.97. The minimum absolute atomic E-state index is 0.0218. The third-order valence-electron chi connectivity index (χ3n) is 7.02. The van der Waals surface area contributed by atoms with E-state index in [4.69, 9.17) is 14.0 Å². The SMILES string of the molecule is O=C(COCCC(F)(F)C(F)(F)S(=O)(=O)O)OC1C2CC3CC4C(=O)OC1CC34C2. The van der Waals surface area contributed by atoms with Crippen LogP contribution in [0.25, 0.3) is 0 Å². The van der Waals surface area contributed by atoms with Crippen LogP contribution in [-0.2, 0) is 33.9 Å². The maximum atomic E-state index is 13.4. The van der Waals surface area contributed by atoms with Crippen molar-refractivity contribution in [3.8, 4) is 0 Å². The summed E-state index contributed by atoms with van der Waals surface area (Å²) in [5, 5.41) is -5.69. The van der Waals surface area contributed by atoms with Gasteiger partial charge in [0.05, 0.1) is 12.5 Å². The van der Waals surface area contributed by atoms with Crippen LogP contribution in [0.5, 0.6) is 0 Å². The quantitative estimate of drug-likeness (QED) is 0.252. The molecule has 3 saturated carbocycles. The highest BCUT2D eigenvalue weighted by molar-refractivity contribution is 7.87. The van der Waals surface area contributed by atoms with Crippen molar-refractivity contribution in [2.45, 2.75) is 55.5 Å². The molecule has 0 aromatic rings. The molecule has 0 radical (unpaired) electrons. The first kappa shape index (κ1) is 21.8. The summed E-state index contributed by atoms with van der Waals surface area (Å²) in [6, 6.07) is 0. The molecule has 1 saturated heterocycles. The van der Waals surface area contributed by atoms with E-state index in [1.54, 1.807) is 0 Å². The second-order valence-electron chi connectivity index (χ2n) is 8.55. The smallest absolute Gasteiger partial charge is 0.431 e. The fourth-order valence-electron chi connectivity index (χ4n) is 5.61. The predicted molar refractivity (Wildman–Crippen MR) is 88.0 cm³/mol. The molecule has 6 unspecified atom stereocenters. The van der Waals surface area contributed by atoms with Gasteiger partial charge in [-0.3, -0.25) is 9.35 Å². The fourth-order valence-corrected chi connectivity index (χ4v) is 6.09. The number of fused-ring (bicyclic) bond motifs is 2. The molecule has 1 heterocycles. The van der Waals surface area contributed by atoms with E-state index in [0.717, 1.165) is 19.3 Å². The van der Waals surface area contributed by atoms with E-state index in [1.807, 2.05) is 0 Å². The Bertz CT molecular complexity index is 862. The zero-order valence-electron chi connectivity index (χ0n) is 15.6. The molecule has 0 aromatic heterocycles. The Hall–Kier alpha value is -1.47. The van der Waals surface area contributed by atoms with Crippen molar-refractivity contribution in [1.82, 2.24) is 0 Å². The molecule has 170 valence electrons. The van der Waals surface area contributed by atoms with Gasteiger partial charge in [-0.15, -0.1) is 0 Å². The summed E-state index contributed by atoms with van der Waals surface area (Å²) in [7, 11) is -6.32. The Balaban J connectivity index is 1.27. The van der Waals surface area contributed by atoms with Gasteiger partial charge in [0, 0.05) is 12.3 Å². The number of carbonyl (C=O) groups excluding carboxylic acids is 2. The van der Waals surface area contributed by atoms with Crippen LogP contribution in [0.15, 0.2) is 0 Å². The molecule has 30 heavy (non-hydrogen) atoms. The second kappa shape index (κ2) is 6.76. The Labute approximate surface area is 169 Å². The van der Waals surface area contributed by atoms with E-state index in [1.165, 1.54) is 0 Å². The van der Waals surface area contributed by atoms with Crippen LogP contribution in [0.2, 0.25) is 0 Å². The van der Waals surface area contributed by atoms with Crippen LogP contribution in [0, 0.1) is 23.2 Å². The lowest BCUT2D eigenvalue weighted by Crippen LogP contribution is -2.60. The van der Waals surface area contributed by atoms with Crippen LogP contribution in [0.3, 0.4) is 0 Å². The number of rotatable bonds is 8. The van der Waals surface area contributed by atoms with Gasteiger partial charge >= 0.3 is 33.2 Å². The van der Waals surface area contributed by atoms with Crippen LogP contribution in [0.1, 0.15) is 32.1 Å². The summed E-state index contributed by atoms with van der Waals surface area (Å²) in [6.07, 6.45) is -0.0465. The molecule has 4 aliphatic rings. The van der Waals surface area contributed by atoms with Gasteiger partial charge < -0.3 is 14.2 Å². The normalized spacial score (nSPS) is 37.4. The van der Waals surface area contributed by atoms with Gasteiger partial charge in [-0.2, -0.15) is 26.0 Å². The van der Waals surface area contributed by atoms with E-state index in [0.29, 0.717) is 12.3 Å². The molecule has 4 fully saturated rings. The van der Waals surface area contributed by atoms with Crippen LogP contribution in [-0.4, -0.2) is 61.5 Å². The number of esters is 2. The molecule has 0 aromatic carbocycles. The van der Waals surface area contributed by atoms with Crippen molar-refractivity contribution in [3.63, 3.8) is 0 Å². The largest absolute Gasteiger partial charge is 0.458 e. The van der Waals surface area contributed by atoms with Gasteiger partial charge in [0.2, 0.25) is 0 Å². The van der Waals surface area contributed by atoms with E-state index >= 15 is 0 Å². The number of alkyl halides is 4. The van der Waals surface area contributed by atoms with Crippen LogP contribution in [0.4, 0.5) is 17.6 Å². The van der Waals surface area contributed by atoms with Crippen molar-refractivity contribution in [2.75, 3.05) is 13.2 Å². The lowest BCUT2D eigenvalue weighted by atomic mass is 9.50. The first-order chi connectivity index (χ1) is 13.8. The van der Waals surface area contributed by atoms with E-state index < -0.39 is 59.1 Å². The zero-order chi connectivity index (χ0) is 22.1. The minimum atomic E-state index is -6.32. The van der Waals surface area contributed by atoms with Crippen molar-refractivity contribution in [2.24, 2.45) is 23.2 Å². The monoisotopic (exact) mass is 460 g/mol. The Morgan fingerprint density at radius 3 is 2.60 bits per heavy atom. The number of hydrogen-bond donors (Lipinski definition) is 1. The predicted octanol–water partition coefficient (Wildman–Crippen LogP) is 1.78. The number of halogens is 4. The molecule has 1 spiro atoms. The van der Waals surface area contributed by atoms with E-state index in [9.17, 15) is 35.6 Å². The molecular weight excluding hydrogens is 440 g/mol. The average Bonchev–Trinajstić information content (AvgIpc) is 2.85. The molecule has 4 rings (SSSR count). The van der Waals surface area contributed by atoms with Crippen molar-refractivity contribution < 1.29 is 54.3 Å². The maximum Gasteiger partial charge on any atom is 0.431 e. The molecule has 3 bridgehead atoms. The van der Waals surface area contributed by atoms with Crippen LogP contribution < -0.4 is 0 Å². The highest BCUT2D eigenvalue weighted by atomic mass is 32.2. The molecular formula is C17H20F4O8S. The van der Waals surface area contributed by atoms with Gasteiger partial charge in [0.25, 0.3) is 0 Å². The third kappa shape index (κ3) is 3.11. The van der Waals surface area contributed by atoms with Gasteiger partial charge in [0.15, 0.2) is 0 Å². The van der Waals surface area contributed by atoms with Gasteiger partial charge in [-0.1, -0.05) is 0 Å². The molecule has 3 aliphatic carbocycles. The van der Waals surface area contributed by atoms with E-state index in [-0.39, 0.29) is 23.2 Å². The molecule has 0 amide bonds. The molecule has 8 nitrogen and oxygen atoms in total. The molecule has 6 atom stereocenters. The summed E-state index contributed by atoms with van der Waals surface area (Å²) in [5.74, 6) is -5.99. The fraction of sp³-hybridized carbons (Fsp3) is 0.882. The summed E-state index contributed by atoms with van der Waals surface area (Å²) in [6.45, 7) is -1.90. The highest BCUT2D eigenvalue weighted by Gasteiger charge is 2.71. The highest BCUT2D eigenvalue weighted by Crippen LogP contribution is 2.71. The summed E-state index contributed by atoms with van der Waals surface area (Å²) < 4.78 is 97.5. The van der Waals surface area contributed by atoms with Crippen LogP contribution >= 0.6 is 0 Å². The first-order valence-corrected chi connectivity index (χ1v) is 10.9.